The Bertz CT molecular complexity index is 1720. The number of aryl methyl sites for hydroxylation is 1. The van der Waals surface area contributed by atoms with Gasteiger partial charge in [-0.3, -0.25) is 29.4 Å². The first-order valence-corrected chi connectivity index (χ1v) is 14.5. The van der Waals surface area contributed by atoms with Crippen molar-refractivity contribution in [1.82, 2.24) is 20.5 Å². The van der Waals surface area contributed by atoms with Crippen molar-refractivity contribution in [2.45, 2.75) is 32.6 Å². The molecule has 1 aliphatic rings. The number of nitrogens with one attached hydrogen (secondary N) is 2. The summed E-state index contributed by atoms with van der Waals surface area (Å²) in [7, 11) is 0. The number of imide groups is 1. The Labute approximate surface area is 250 Å². The van der Waals surface area contributed by atoms with Crippen LogP contribution in [0.25, 0.3) is 17.1 Å². The maximum atomic E-state index is 12.8. The largest absolute Gasteiger partial charge is 0.354 e. The van der Waals surface area contributed by atoms with Crippen molar-refractivity contribution in [3.05, 3.63) is 92.4 Å². The number of aromatic nitrogens is 2. The SMILES string of the molecule is CCc1ccc(/C=C2\SC(=O)N(CCCCCNC(=O)c3cccc(Nc4ccc([N+](=O)[O-])c5nonc45)c3)C2=O)cc1. The molecular formula is C30H28N6O6S. The molecule has 3 aromatic carbocycles. The number of nitrogens with zero attached hydrogens (tertiary/aromatic N) is 4. The molecule has 1 aromatic heterocycles. The van der Waals surface area contributed by atoms with E-state index in [2.05, 4.69) is 27.9 Å². The normalized spacial score (nSPS) is 14.1. The predicted molar refractivity (Wildman–Crippen MR) is 163 cm³/mol. The van der Waals surface area contributed by atoms with Gasteiger partial charge in [-0.05, 0) is 89.2 Å². The fourth-order valence-electron chi connectivity index (χ4n) is 4.56. The van der Waals surface area contributed by atoms with Gasteiger partial charge in [0.05, 0.1) is 15.5 Å². The number of unbranched alkanes of at least 4 members (excludes halogenated alkanes) is 2. The van der Waals surface area contributed by atoms with Gasteiger partial charge in [0, 0.05) is 30.4 Å². The van der Waals surface area contributed by atoms with Gasteiger partial charge < -0.3 is 10.6 Å². The minimum atomic E-state index is -0.562. The van der Waals surface area contributed by atoms with Crippen molar-refractivity contribution in [3.8, 4) is 0 Å². The molecule has 0 spiro atoms. The molecule has 0 bridgehead atoms. The summed E-state index contributed by atoms with van der Waals surface area (Å²) in [4.78, 5) is 50.3. The van der Waals surface area contributed by atoms with Gasteiger partial charge in [0.1, 0.15) is 0 Å². The van der Waals surface area contributed by atoms with E-state index < -0.39 is 4.92 Å². The summed E-state index contributed by atoms with van der Waals surface area (Å²) in [5.74, 6) is -0.533. The fourth-order valence-corrected chi connectivity index (χ4v) is 5.43. The topological polar surface area (TPSA) is 161 Å². The van der Waals surface area contributed by atoms with Crippen molar-refractivity contribution in [2.24, 2.45) is 0 Å². The van der Waals surface area contributed by atoms with Crippen LogP contribution >= 0.6 is 11.8 Å². The van der Waals surface area contributed by atoms with E-state index >= 15 is 0 Å². The first-order valence-electron chi connectivity index (χ1n) is 13.7. The highest BCUT2D eigenvalue weighted by Crippen LogP contribution is 2.33. The van der Waals surface area contributed by atoms with Crippen molar-refractivity contribution in [3.63, 3.8) is 0 Å². The monoisotopic (exact) mass is 600 g/mol. The summed E-state index contributed by atoms with van der Waals surface area (Å²) in [5, 5.41) is 24.3. The molecule has 1 fully saturated rings. The Morgan fingerprint density at radius 1 is 1.05 bits per heavy atom. The van der Waals surface area contributed by atoms with Gasteiger partial charge in [-0.15, -0.1) is 0 Å². The molecular weight excluding hydrogens is 572 g/mol. The zero-order valence-corrected chi connectivity index (χ0v) is 24.1. The molecule has 5 rings (SSSR count). The van der Waals surface area contributed by atoms with E-state index in [1.165, 1.54) is 22.6 Å². The molecule has 0 aliphatic carbocycles. The van der Waals surface area contributed by atoms with Crippen molar-refractivity contribution in [1.29, 1.82) is 0 Å². The number of carbonyl (C=O) groups is 3. The number of amides is 3. The summed E-state index contributed by atoms with van der Waals surface area (Å²) >= 11 is 0.959. The molecule has 4 aromatic rings. The Morgan fingerprint density at radius 2 is 1.84 bits per heavy atom. The van der Waals surface area contributed by atoms with Gasteiger partial charge >= 0.3 is 5.69 Å². The van der Waals surface area contributed by atoms with Crippen molar-refractivity contribution >= 4 is 63.0 Å². The number of fused-ring (bicyclic) bond motifs is 1. The highest BCUT2D eigenvalue weighted by molar-refractivity contribution is 8.18. The number of benzene rings is 3. The quantitative estimate of drug-likeness (QED) is 0.0845. The van der Waals surface area contributed by atoms with E-state index in [1.54, 1.807) is 30.3 Å². The maximum absolute atomic E-state index is 12.8. The Balaban J connectivity index is 1.07. The lowest BCUT2D eigenvalue weighted by molar-refractivity contribution is -0.383. The molecule has 1 aliphatic heterocycles. The van der Waals surface area contributed by atoms with Crippen LogP contribution in [0.4, 0.5) is 21.9 Å². The number of carbonyl (C=O) groups excluding carboxylic acids is 3. The van der Waals surface area contributed by atoms with Gasteiger partial charge in [-0.1, -0.05) is 37.3 Å². The summed E-state index contributed by atoms with van der Waals surface area (Å²) in [5.41, 5.74) is 3.55. The number of hydrogen-bond acceptors (Lipinski definition) is 10. The molecule has 13 heteroatoms. The number of hydrogen-bond donors (Lipinski definition) is 2. The summed E-state index contributed by atoms with van der Waals surface area (Å²) < 4.78 is 4.69. The summed E-state index contributed by atoms with van der Waals surface area (Å²) in [6.45, 7) is 2.84. The lowest BCUT2D eigenvalue weighted by atomic mass is 10.1. The average molecular weight is 601 g/mol. The van der Waals surface area contributed by atoms with E-state index in [0.29, 0.717) is 47.8 Å². The number of thioether (sulfide) groups is 1. The maximum Gasteiger partial charge on any atom is 0.300 e. The predicted octanol–water partition coefficient (Wildman–Crippen LogP) is 6.07. The van der Waals surface area contributed by atoms with Crippen LogP contribution in [-0.2, 0) is 11.2 Å². The third-order valence-electron chi connectivity index (χ3n) is 6.90. The number of anilines is 2. The van der Waals surface area contributed by atoms with Crippen LogP contribution in [0.3, 0.4) is 0 Å². The second kappa shape index (κ2) is 13.3. The highest BCUT2D eigenvalue weighted by Gasteiger charge is 2.34. The molecule has 2 N–H and O–H groups in total. The van der Waals surface area contributed by atoms with Gasteiger partial charge in [-0.2, -0.15) is 0 Å². The second-order valence-electron chi connectivity index (χ2n) is 9.80. The molecule has 220 valence electrons. The molecule has 0 radical (unpaired) electrons. The lowest BCUT2D eigenvalue weighted by Crippen LogP contribution is -2.29. The van der Waals surface area contributed by atoms with Gasteiger partial charge in [0.15, 0.2) is 5.52 Å². The summed E-state index contributed by atoms with van der Waals surface area (Å²) in [6, 6.07) is 17.5. The molecule has 0 atom stereocenters. The molecule has 0 saturated carbocycles. The van der Waals surface area contributed by atoms with Crippen molar-refractivity contribution in [2.75, 3.05) is 18.4 Å². The average Bonchev–Trinajstić information content (AvgIpc) is 3.60. The molecule has 3 amide bonds. The molecule has 1 saturated heterocycles. The first kappa shape index (κ1) is 29.5. The second-order valence-corrected chi connectivity index (χ2v) is 10.8. The summed E-state index contributed by atoms with van der Waals surface area (Å²) in [6.07, 6.45) is 4.72. The number of rotatable bonds is 12. The minimum Gasteiger partial charge on any atom is -0.354 e. The standard InChI is InChI=1S/C30H28N6O6S/c1-2-19-9-11-20(12-10-19)17-25-29(38)35(30(39)43-25)16-5-3-4-15-31-28(37)21-7-6-8-22(18-21)32-23-13-14-24(36(40)41)27-26(23)33-42-34-27/h6-14,17-18,32H,2-5,15-16H2,1H3,(H,31,37)/b25-17-. The van der Waals surface area contributed by atoms with Gasteiger partial charge in [-0.25, -0.2) is 4.63 Å². The Kier molecular flexibility index (Phi) is 9.11. The molecule has 0 unspecified atom stereocenters. The van der Waals surface area contributed by atoms with Crippen molar-refractivity contribution < 1.29 is 23.9 Å². The van der Waals surface area contributed by atoms with E-state index in [9.17, 15) is 24.5 Å². The highest BCUT2D eigenvalue weighted by atomic mass is 32.2. The fraction of sp³-hybridized carbons (Fsp3) is 0.233. The Hall–Kier alpha value is -5.04. The molecule has 12 nitrogen and oxygen atoms in total. The van der Waals surface area contributed by atoms with Gasteiger partial charge in [0.25, 0.3) is 17.1 Å². The molecule has 43 heavy (non-hydrogen) atoms. The minimum absolute atomic E-state index is 0.0238. The molecule has 2 heterocycles. The van der Waals surface area contributed by atoms with E-state index in [1.807, 2.05) is 24.3 Å². The Morgan fingerprint density at radius 3 is 2.60 bits per heavy atom. The van der Waals surface area contributed by atoms with E-state index in [4.69, 9.17) is 4.63 Å². The van der Waals surface area contributed by atoms with Crippen LogP contribution in [0.5, 0.6) is 0 Å². The third kappa shape index (κ3) is 6.89. The van der Waals surface area contributed by atoms with Gasteiger partial charge in [0.2, 0.25) is 5.52 Å². The number of non-ortho nitro benzene ring substituents is 1. The third-order valence-corrected chi connectivity index (χ3v) is 7.81. The lowest BCUT2D eigenvalue weighted by Gasteiger charge is -2.12. The number of nitro benzene ring substituents is 1. The number of nitro groups is 1. The first-order chi connectivity index (χ1) is 20.8. The van der Waals surface area contributed by atoms with Crippen LogP contribution in [-0.4, -0.2) is 50.3 Å². The van der Waals surface area contributed by atoms with E-state index in [0.717, 1.165) is 30.2 Å². The zero-order chi connectivity index (χ0) is 30.3. The smallest absolute Gasteiger partial charge is 0.300 e. The van der Waals surface area contributed by atoms with E-state index in [-0.39, 0.29) is 33.8 Å². The van der Waals surface area contributed by atoms with Crippen LogP contribution in [0, 0.1) is 10.1 Å². The van der Waals surface area contributed by atoms with Crippen LogP contribution < -0.4 is 10.6 Å². The van der Waals surface area contributed by atoms with Crippen LogP contribution in [0.15, 0.2) is 70.2 Å². The van der Waals surface area contributed by atoms with Crippen LogP contribution in [0.1, 0.15) is 47.7 Å². The van der Waals surface area contributed by atoms with Crippen LogP contribution in [0.2, 0.25) is 0 Å². The zero-order valence-electron chi connectivity index (χ0n) is 23.2.